The van der Waals surface area contributed by atoms with E-state index in [0.717, 1.165) is 6.42 Å². The second-order valence-electron chi connectivity index (χ2n) is 4.62. The van der Waals surface area contributed by atoms with Crippen LogP contribution in [0.2, 0.25) is 0 Å². The van der Waals surface area contributed by atoms with Gasteiger partial charge in [0.25, 0.3) is 5.91 Å². The topological polar surface area (TPSA) is 70.7 Å². The lowest BCUT2D eigenvalue weighted by atomic mass is 10.2. The van der Waals surface area contributed by atoms with Crippen LogP contribution in [0.3, 0.4) is 0 Å². The zero-order chi connectivity index (χ0) is 15.9. The zero-order valence-corrected chi connectivity index (χ0v) is 12.1. The van der Waals surface area contributed by atoms with Gasteiger partial charge < -0.3 is 5.32 Å². The molecule has 0 aliphatic rings. The predicted molar refractivity (Wildman–Crippen MR) is 80.4 cm³/mol. The highest BCUT2D eigenvalue weighted by atomic mass is 19.1. The van der Waals surface area contributed by atoms with Crippen molar-refractivity contribution in [2.45, 2.75) is 13.3 Å². The van der Waals surface area contributed by atoms with Crippen LogP contribution in [-0.2, 0) is 4.79 Å². The number of benzene rings is 1. The maximum Gasteiger partial charge on any atom is 0.261 e. The molecule has 1 aromatic heterocycles. The van der Waals surface area contributed by atoms with Gasteiger partial charge in [-0.3, -0.25) is 4.79 Å². The quantitative estimate of drug-likeness (QED) is 0.681. The van der Waals surface area contributed by atoms with Gasteiger partial charge >= 0.3 is 0 Å². The number of nitriles is 1. The lowest BCUT2D eigenvalue weighted by Gasteiger charge is -2.01. The number of hydrogen-bond donors (Lipinski definition) is 1. The fourth-order valence-corrected chi connectivity index (χ4v) is 1.82. The molecule has 0 unspecified atom stereocenters. The van der Waals surface area contributed by atoms with Crippen molar-refractivity contribution in [1.82, 2.24) is 15.1 Å². The molecule has 1 N–H and O–H groups in total. The van der Waals surface area contributed by atoms with Gasteiger partial charge in [-0.05, 0) is 30.7 Å². The Morgan fingerprint density at radius 3 is 3.05 bits per heavy atom. The second-order valence-corrected chi connectivity index (χ2v) is 4.62. The SMILES string of the molecule is CCCNC(=O)/C(C#N)=C/c1cnn(-c2cccc(F)c2)c1. The third-order valence-electron chi connectivity index (χ3n) is 2.89. The third-order valence-corrected chi connectivity index (χ3v) is 2.89. The van der Waals surface area contributed by atoms with Crippen molar-refractivity contribution < 1.29 is 9.18 Å². The molecule has 2 rings (SSSR count). The van der Waals surface area contributed by atoms with E-state index in [4.69, 9.17) is 5.26 Å². The average Bonchev–Trinajstić information content (AvgIpc) is 2.99. The fourth-order valence-electron chi connectivity index (χ4n) is 1.82. The van der Waals surface area contributed by atoms with E-state index in [1.807, 2.05) is 13.0 Å². The number of aromatic nitrogens is 2. The molecule has 1 amide bonds. The summed E-state index contributed by atoms with van der Waals surface area (Å²) in [6.45, 7) is 2.44. The van der Waals surface area contributed by atoms with Gasteiger partial charge in [0.2, 0.25) is 0 Å². The number of amides is 1. The van der Waals surface area contributed by atoms with Gasteiger partial charge in [0.05, 0.1) is 11.9 Å². The molecule has 0 atom stereocenters. The minimum Gasteiger partial charge on any atom is -0.351 e. The molecule has 0 saturated heterocycles. The Morgan fingerprint density at radius 1 is 1.55 bits per heavy atom. The van der Waals surface area contributed by atoms with Crippen LogP contribution in [0.4, 0.5) is 4.39 Å². The molecule has 112 valence electrons. The maximum absolute atomic E-state index is 13.2. The molecule has 2 aromatic rings. The minimum absolute atomic E-state index is 0.00671. The van der Waals surface area contributed by atoms with E-state index < -0.39 is 5.91 Å². The van der Waals surface area contributed by atoms with Crippen LogP contribution in [0.15, 0.2) is 42.2 Å². The Morgan fingerprint density at radius 2 is 2.36 bits per heavy atom. The Bertz CT molecular complexity index is 743. The van der Waals surface area contributed by atoms with Gasteiger partial charge in [-0.15, -0.1) is 0 Å². The van der Waals surface area contributed by atoms with Crippen molar-refractivity contribution in [3.63, 3.8) is 0 Å². The van der Waals surface area contributed by atoms with E-state index in [2.05, 4.69) is 10.4 Å². The number of nitrogens with one attached hydrogen (secondary N) is 1. The normalized spacial score (nSPS) is 11.0. The lowest BCUT2D eigenvalue weighted by Crippen LogP contribution is -2.25. The third kappa shape index (κ3) is 3.79. The zero-order valence-electron chi connectivity index (χ0n) is 12.1. The number of carbonyl (C=O) groups is 1. The minimum atomic E-state index is -0.414. The van der Waals surface area contributed by atoms with Crippen LogP contribution in [0.5, 0.6) is 0 Å². The first-order valence-electron chi connectivity index (χ1n) is 6.84. The number of halogens is 1. The van der Waals surface area contributed by atoms with Gasteiger partial charge in [-0.25, -0.2) is 9.07 Å². The van der Waals surface area contributed by atoms with Gasteiger partial charge in [0.1, 0.15) is 17.5 Å². The first-order chi connectivity index (χ1) is 10.6. The number of nitrogens with zero attached hydrogens (tertiary/aromatic N) is 3. The molecule has 0 radical (unpaired) electrons. The Kier molecular flexibility index (Phi) is 5.04. The van der Waals surface area contributed by atoms with Crippen molar-refractivity contribution in [1.29, 1.82) is 5.26 Å². The molecular formula is C16H15FN4O. The van der Waals surface area contributed by atoms with Gasteiger partial charge in [0, 0.05) is 18.3 Å². The molecule has 5 nitrogen and oxygen atoms in total. The Labute approximate surface area is 127 Å². The summed E-state index contributed by atoms with van der Waals surface area (Å²) in [4.78, 5) is 11.8. The largest absolute Gasteiger partial charge is 0.351 e. The second kappa shape index (κ2) is 7.18. The lowest BCUT2D eigenvalue weighted by molar-refractivity contribution is -0.117. The molecule has 0 saturated carbocycles. The number of carbonyl (C=O) groups excluding carboxylic acids is 1. The smallest absolute Gasteiger partial charge is 0.261 e. The maximum atomic E-state index is 13.2. The Hall–Kier alpha value is -2.94. The van der Waals surface area contributed by atoms with Crippen LogP contribution in [0, 0.1) is 17.1 Å². The molecule has 0 bridgehead atoms. The fraction of sp³-hybridized carbons (Fsp3) is 0.188. The summed E-state index contributed by atoms with van der Waals surface area (Å²) in [6.07, 6.45) is 5.38. The summed E-state index contributed by atoms with van der Waals surface area (Å²) in [5.41, 5.74) is 1.16. The standard InChI is InChI=1S/C16H15FN4O/c1-2-6-19-16(22)13(9-18)7-12-10-20-21(11-12)15-5-3-4-14(17)8-15/h3-5,7-8,10-11H,2,6H2,1H3,(H,19,22)/b13-7+. The predicted octanol–water partition coefficient (Wildman–Crippen LogP) is 2.44. The van der Waals surface area contributed by atoms with Crippen molar-refractivity contribution in [2.24, 2.45) is 0 Å². The highest BCUT2D eigenvalue weighted by Crippen LogP contribution is 2.12. The van der Waals surface area contributed by atoms with Gasteiger partial charge in [-0.2, -0.15) is 10.4 Å². The number of rotatable bonds is 5. The highest BCUT2D eigenvalue weighted by molar-refractivity contribution is 6.01. The van der Waals surface area contributed by atoms with Crippen molar-refractivity contribution in [2.75, 3.05) is 6.54 Å². The average molecular weight is 298 g/mol. The molecule has 0 spiro atoms. The summed E-state index contributed by atoms with van der Waals surface area (Å²) in [7, 11) is 0. The van der Waals surface area contributed by atoms with E-state index in [-0.39, 0.29) is 11.4 Å². The first-order valence-corrected chi connectivity index (χ1v) is 6.84. The summed E-state index contributed by atoms with van der Waals surface area (Å²) in [5.74, 6) is -0.774. The van der Waals surface area contributed by atoms with Crippen molar-refractivity contribution >= 4 is 12.0 Å². The van der Waals surface area contributed by atoms with Gasteiger partial charge in [0.15, 0.2) is 0 Å². The summed E-state index contributed by atoms with van der Waals surface area (Å²) in [6, 6.07) is 7.86. The molecule has 0 aliphatic heterocycles. The monoisotopic (exact) mass is 298 g/mol. The first kappa shape index (κ1) is 15.4. The number of hydrogen-bond acceptors (Lipinski definition) is 3. The van der Waals surface area contributed by atoms with E-state index in [1.165, 1.54) is 29.1 Å². The highest BCUT2D eigenvalue weighted by Gasteiger charge is 2.09. The molecule has 1 aromatic carbocycles. The summed E-state index contributed by atoms with van der Waals surface area (Å²) in [5, 5.41) is 15.8. The molecule has 6 heteroatoms. The van der Waals surface area contributed by atoms with Crippen molar-refractivity contribution in [3.05, 3.63) is 53.6 Å². The van der Waals surface area contributed by atoms with Crippen molar-refractivity contribution in [3.8, 4) is 11.8 Å². The summed E-state index contributed by atoms with van der Waals surface area (Å²) >= 11 is 0. The van der Waals surface area contributed by atoms with Crippen LogP contribution >= 0.6 is 0 Å². The van der Waals surface area contributed by atoms with E-state index in [0.29, 0.717) is 17.8 Å². The van der Waals surface area contributed by atoms with Crippen LogP contribution in [0.25, 0.3) is 11.8 Å². The molecular weight excluding hydrogens is 283 g/mol. The van der Waals surface area contributed by atoms with Crippen LogP contribution < -0.4 is 5.32 Å². The van der Waals surface area contributed by atoms with E-state index >= 15 is 0 Å². The molecule has 1 heterocycles. The van der Waals surface area contributed by atoms with Gasteiger partial charge in [-0.1, -0.05) is 13.0 Å². The van der Waals surface area contributed by atoms with E-state index in [1.54, 1.807) is 18.3 Å². The molecule has 0 aliphatic carbocycles. The molecule has 22 heavy (non-hydrogen) atoms. The molecule has 0 fully saturated rings. The van der Waals surface area contributed by atoms with Crippen LogP contribution in [0.1, 0.15) is 18.9 Å². The summed E-state index contributed by atoms with van der Waals surface area (Å²) < 4.78 is 14.7. The van der Waals surface area contributed by atoms with E-state index in [9.17, 15) is 9.18 Å². The Balaban J connectivity index is 2.22. The van der Waals surface area contributed by atoms with Crippen LogP contribution in [-0.4, -0.2) is 22.2 Å².